The van der Waals surface area contributed by atoms with Crippen LogP contribution in [-0.4, -0.2) is 20.3 Å². The van der Waals surface area contributed by atoms with Crippen molar-refractivity contribution in [1.82, 2.24) is 20.3 Å². The number of aryl methyl sites for hydroxylation is 2. The van der Waals surface area contributed by atoms with E-state index in [-0.39, 0.29) is 6.61 Å². The van der Waals surface area contributed by atoms with Gasteiger partial charge in [0.1, 0.15) is 5.75 Å². The van der Waals surface area contributed by atoms with Crippen LogP contribution in [0.5, 0.6) is 5.75 Å². The first-order valence-corrected chi connectivity index (χ1v) is 8.17. The van der Waals surface area contributed by atoms with E-state index in [0.29, 0.717) is 28.6 Å². The molecular weight excluding hydrogens is 316 g/mol. The van der Waals surface area contributed by atoms with E-state index in [2.05, 4.69) is 20.3 Å². The molecule has 2 heterocycles. The van der Waals surface area contributed by atoms with Crippen LogP contribution in [0.2, 0.25) is 0 Å². The second-order valence-electron chi connectivity index (χ2n) is 4.81. The third kappa shape index (κ3) is 4.32. The van der Waals surface area contributed by atoms with Crippen molar-refractivity contribution in [2.45, 2.75) is 37.9 Å². The minimum atomic E-state index is 0.235. The molecule has 0 atom stereocenters. The van der Waals surface area contributed by atoms with Crippen molar-refractivity contribution in [3.05, 3.63) is 47.4 Å². The van der Waals surface area contributed by atoms with E-state index in [0.717, 1.165) is 17.7 Å². The standard InChI is InChI=1S/C15H16N4O3S/c1-3-13-16-12(19-22-13)9-23-15-18-17-14(21-15)8-20-11-6-4-5-10(2)7-11/h4-7H,3,8-9H2,1-2H3. The van der Waals surface area contributed by atoms with Gasteiger partial charge in [0.25, 0.3) is 11.1 Å². The molecule has 0 aliphatic rings. The first-order chi connectivity index (χ1) is 11.2. The summed E-state index contributed by atoms with van der Waals surface area (Å²) in [7, 11) is 0. The average molecular weight is 332 g/mol. The van der Waals surface area contributed by atoms with Crippen LogP contribution >= 0.6 is 11.8 Å². The second-order valence-corrected chi connectivity index (χ2v) is 5.74. The average Bonchev–Trinajstić information content (AvgIpc) is 3.20. The number of nitrogens with zero attached hydrogens (tertiary/aromatic N) is 4. The number of hydrogen-bond donors (Lipinski definition) is 0. The Bertz CT molecular complexity index is 771. The number of hydrogen-bond acceptors (Lipinski definition) is 8. The monoisotopic (exact) mass is 332 g/mol. The summed E-state index contributed by atoms with van der Waals surface area (Å²) >= 11 is 1.36. The quantitative estimate of drug-likeness (QED) is 0.610. The van der Waals surface area contributed by atoms with Crippen molar-refractivity contribution in [2.24, 2.45) is 0 Å². The highest BCUT2D eigenvalue weighted by molar-refractivity contribution is 7.98. The lowest BCUT2D eigenvalue weighted by molar-refractivity contribution is 0.252. The van der Waals surface area contributed by atoms with E-state index in [4.69, 9.17) is 13.7 Å². The van der Waals surface area contributed by atoms with Crippen LogP contribution in [-0.2, 0) is 18.8 Å². The zero-order valence-electron chi connectivity index (χ0n) is 12.9. The Labute approximate surface area is 137 Å². The van der Waals surface area contributed by atoms with Crippen LogP contribution in [0.15, 0.2) is 38.4 Å². The van der Waals surface area contributed by atoms with Gasteiger partial charge in [0.15, 0.2) is 12.4 Å². The lowest BCUT2D eigenvalue weighted by Crippen LogP contribution is -1.95. The SMILES string of the molecule is CCc1nc(CSc2nnc(COc3cccc(C)c3)o2)no1. The summed E-state index contributed by atoms with van der Waals surface area (Å²) in [5, 5.41) is 12.3. The Balaban J connectivity index is 1.51. The van der Waals surface area contributed by atoms with E-state index in [9.17, 15) is 0 Å². The fourth-order valence-electron chi connectivity index (χ4n) is 1.82. The molecule has 0 fully saturated rings. The molecule has 0 radical (unpaired) electrons. The number of aromatic nitrogens is 4. The summed E-state index contributed by atoms with van der Waals surface area (Å²) in [5.74, 6) is 2.96. The Morgan fingerprint density at radius 3 is 2.91 bits per heavy atom. The van der Waals surface area contributed by atoms with Gasteiger partial charge in [-0.3, -0.25) is 0 Å². The summed E-state index contributed by atoms with van der Waals surface area (Å²) in [5.41, 5.74) is 1.14. The highest BCUT2D eigenvalue weighted by Crippen LogP contribution is 2.21. The summed E-state index contributed by atoms with van der Waals surface area (Å²) < 4.78 is 16.2. The maximum absolute atomic E-state index is 5.62. The van der Waals surface area contributed by atoms with Crippen LogP contribution < -0.4 is 4.74 Å². The molecule has 0 aliphatic carbocycles. The number of thioether (sulfide) groups is 1. The van der Waals surface area contributed by atoms with Crippen molar-refractivity contribution in [2.75, 3.05) is 0 Å². The maximum Gasteiger partial charge on any atom is 0.277 e. The summed E-state index contributed by atoms with van der Waals surface area (Å²) in [6, 6.07) is 7.79. The van der Waals surface area contributed by atoms with Crippen molar-refractivity contribution < 1.29 is 13.7 Å². The summed E-state index contributed by atoms with van der Waals surface area (Å²) in [4.78, 5) is 4.22. The van der Waals surface area contributed by atoms with E-state index in [1.165, 1.54) is 11.8 Å². The number of benzene rings is 1. The first kappa shape index (κ1) is 15.5. The smallest absolute Gasteiger partial charge is 0.277 e. The summed E-state index contributed by atoms with van der Waals surface area (Å²) in [6.07, 6.45) is 0.721. The molecule has 0 saturated carbocycles. The van der Waals surface area contributed by atoms with Gasteiger partial charge in [-0.05, 0) is 24.6 Å². The van der Waals surface area contributed by atoms with E-state index < -0.39 is 0 Å². The third-order valence-electron chi connectivity index (χ3n) is 2.94. The minimum absolute atomic E-state index is 0.235. The number of ether oxygens (including phenoxy) is 1. The predicted molar refractivity (Wildman–Crippen MR) is 83.0 cm³/mol. The molecule has 120 valence electrons. The molecule has 8 heteroatoms. The van der Waals surface area contributed by atoms with Crippen LogP contribution in [0.25, 0.3) is 0 Å². The minimum Gasteiger partial charge on any atom is -0.484 e. The molecule has 0 spiro atoms. The molecule has 3 rings (SSSR count). The topological polar surface area (TPSA) is 87.1 Å². The Morgan fingerprint density at radius 2 is 2.13 bits per heavy atom. The second kappa shape index (κ2) is 7.28. The lowest BCUT2D eigenvalue weighted by Gasteiger charge is -2.03. The van der Waals surface area contributed by atoms with Gasteiger partial charge in [-0.1, -0.05) is 36.0 Å². The molecular formula is C15H16N4O3S. The first-order valence-electron chi connectivity index (χ1n) is 7.19. The molecule has 7 nitrogen and oxygen atoms in total. The molecule has 1 aromatic carbocycles. The Hall–Kier alpha value is -2.35. The molecule has 0 unspecified atom stereocenters. The van der Waals surface area contributed by atoms with Crippen LogP contribution in [0.3, 0.4) is 0 Å². The van der Waals surface area contributed by atoms with Gasteiger partial charge in [0, 0.05) is 6.42 Å². The van der Waals surface area contributed by atoms with Gasteiger partial charge < -0.3 is 13.7 Å². The zero-order valence-corrected chi connectivity index (χ0v) is 13.7. The molecule has 0 amide bonds. The van der Waals surface area contributed by atoms with E-state index in [1.807, 2.05) is 38.1 Å². The van der Waals surface area contributed by atoms with Crippen molar-refractivity contribution >= 4 is 11.8 Å². The van der Waals surface area contributed by atoms with Gasteiger partial charge in [-0.15, -0.1) is 10.2 Å². The molecule has 0 saturated heterocycles. The van der Waals surface area contributed by atoms with Gasteiger partial charge in [0.2, 0.25) is 5.89 Å². The fourth-order valence-corrected chi connectivity index (χ4v) is 2.45. The van der Waals surface area contributed by atoms with Gasteiger partial charge in [-0.25, -0.2) is 0 Å². The molecule has 3 aromatic rings. The van der Waals surface area contributed by atoms with E-state index >= 15 is 0 Å². The molecule has 0 aliphatic heterocycles. The highest BCUT2D eigenvalue weighted by Gasteiger charge is 2.10. The predicted octanol–water partition coefficient (Wildman–Crippen LogP) is 3.19. The van der Waals surface area contributed by atoms with Crippen LogP contribution in [0.1, 0.15) is 30.1 Å². The van der Waals surface area contributed by atoms with Crippen molar-refractivity contribution in [1.29, 1.82) is 0 Å². The van der Waals surface area contributed by atoms with Crippen molar-refractivity contribution in [3.63, 3.8) is 0 Å². The largest absolute Gasteiger partial charge is 0.484 e. The molecule has 2 aromatic heterocycles. The van der Waals surface area contributed by atoms with Crippen LogP contribution in [0, 0.1) is 6.92 Å². The zero-order chi connectivity index (χ0) is 16.1. The van der Waals surface area contributed by atoms with Gasteiger partial charge in [-0.2, -0.15) is 4.98 Å². The van der Waals surface area contributed by atoms with Crippen molar-refractivity contribution in [3.8, 4) is 5.75 Å². The maximum atomic E-state index is 5.62. The summed E-state index contributed by atoms with van der Waals surface area (Å²) in [6.45, 7) is 4.21. The lowest BCUT2D eigenvalue weighted by atomic mass is 10.2. The van der Waals surface area contributed by atoms with Gasteiger partial charge >= 0.3 is 0 Å². The third-order valence-corrected chi connectivity index (χ3v) is 3.75. The number of rotatable bonds is 7. The molecule has 23 heavy (non-hydrogen) atoms. The fraction of sp³-hybridized carbons (Fsp3) is 0.333. The Morgan fingerprint density at radius 1 is 1.22 bits per heavy atom. The Kier molecular flexibility index (Phi) is 4.92. The highest BCUT2D eigenvalue weighted by atomic mass is 32.2. The van der Waals surface area contributed by atoms with Crippen LogP contribution in [0.4, 0.5) is 0 Å². The van der Waals surface area contributed by atoms with E-state index in [1.54, 1.807) is 0 Å². The normalized spacial score (nSPS) is 10.9. The van der Waals surface area contributed by atoms with Gasteiger partial charge in [0.05, 0.1) is 5.75 Å². The molecule has 0 N–H and O–H groups in total. The molecule has 0 bridgehead atoms.